The van der Waals surface area contributed by atoms with E-state index in [-0.39, 0.29) is 13.0 Å². The molecule has 0 aliphatic rings. The molecule has 0 aromatic heterocycles. The highest BCUT2D eigenvalue weighted by atomic mass is 32.2. The smallest absolute Gasteiger partial charge is 0.268 e. The van der Waals surface area contributed by atoms with Crippen molar-refractivity contribution in [3.63, 3.8) is 0 Å². The summed E-state index contributed by atoms with van der Waals surface area (Å²) in [4.78, 5) is 0. The highest BCUT2D eigenvalue weighted by molar-refractivity contribution is 7.87. The number of hydrogen-bond donors (Lipinski definition) is 0. The first-order valence-electron chi connectivity index (χ1n) is 13.6. The molecule has 0 radical (unpaired) electrons. The Hall–Kier alpha value is -0.160. The van der Waals surface area contributed by atoms with Gasteiger partial charge in [-0.25, -0.2) is 4.39 Å². The van der Waals surface area contributed by atoms with Gasteiger partial charge in [-0.05, 0) is 19.3 Å². The number of hydrogen-bond acceptors (Lipinski definition) is 3. The van der Waals surface area contributed by atoms with E-state index in [0.29, 0.717) is 12.8 Å². The molecule has 0 aliphatic carbocycles. The Balaban J connectivity index is 3.44. The van der Waals surface area contributed by atoms with Crippen molar-refractivity contribution >= 4 is 10.1 Å². The summed E-state index contributed by atoms with van der Waals surface area (Å²) in [5.74, 6) is 0. The van der Waals surface area contributed by atoms with Gasteiger partial charge in [0, 0.05) is 0 Å². The van der Waals surface area contributed by atoms with Crippen molar-refractivity contribution in [1.29, 1.82) is 0 Å². The molecule has 31 heavy (non-hydrogen) atoms. The monoisotopic (exact) mass is 464 g/mol. The number of rotatable bonds is 25. The van der Waals surface area contributed by atoms with Crippen LogP contribution in [0, 0.1) is 0 Å². The topological polar surface area (TPSA) is 43.4 Å². The molecule has 0 saturated carbocycles. The Bertz CT molecular complexity index is 454. The summed E-state index contributed by atoms with van der Waals surface area (Å²) in [5.41, 5.74) is -1.87. The summed E-state index contributed by atoms with van der Waals surface area (Å²) in [6.07, 6.45) is 25.0. The van der Waals surface area contributed by atoms with Gasteiger partial charge in [0.25, 0.3) is 10.1 Å². The molecule has 3 nitrogen and oxygen atoms in total. The lowest BCUT2D eigenvalue weighted by Crippen LogP contribution is -2.19. The van der Waals surface area contributed by atoms with Crippen LogP contribution >= 0.6 is 0 Å². The first-order valence-corrected chi connectivity index (χ1v) is 15.0. The van der Waals surface area contributed by atoms with E-state index >= 15 is 0 Å². The maximum absolute atomic E-state index is 14.0. The first kappa shape index (κ1) is 30.8. The van der Waals surface area contributed by atoms with Crippen LogP contribution < -0.4 is 0 Å². The molecule has 0 N–H and O–H groups in total. The molecule has 0 heterocycles. The molecule has 0 aromatic carbocycles. The Kier molecular flexibility index (Phi) is 22.9. The number of unbranched alkanes of at least 4 members (excludes halogenated alkanes) is 19. The second-order valence-electron chi connectivity index (χ2n) is 9.23. The van der Waals surface area contributed by atoms with Gasteiger partial charge >= 0.3 is 0 Å². The van der Waals surface area contributed by atoms with Crippen LogP contribution in [0.1, 0.15) is 155 Å². The van der Waals surface area contributed by atoms with Gasteiger partial charge in [0.05, 0.1) is 6.61 Å². The van der Waals surface area contributed by atoms with E-state index < -0.39 is 15.6 Å². The van der Waals surface area contributed by atoms with Crippen molar-refractivity contribution in [2.45, 2.75) is 161 Å². The Morgan fingerprint density at radius 2 is 0.871 bits per heavy atom. The van der Waals surface area contributed by atoms with Crippen molar-refractivity contribution < 1.29 is 17.0 Å². The maximum Gasteiger partial charge on any atom is 0.299 e. The molecule has 0 fully saturated rings. The molecule has 0 saturated heterocycles. The highest BCUT2D eigenvalue weighted by Crippen LogP contribution is 2.17. The Labute approximate surface area is 194 Å². The third-order valence-corrected chi connectivity index (χ3v) is 7.45. The van der Waals surface area contributed by atoms with Crippen molar-refractivity contribution in [2.24, 2.45) is 0 Å². The second-order valence-corrected chi connectivity index (χ2v) is 11.0. The van der Waals surface area contributed by atoms with E-state index in [1.807, 2.05) is 0 Å². The van der Waals surface area contributed by atoms with Crippen molar-refractivity contribution in [3.8, 4) is 0 Å². The summed E-state index contributed by atoms with van der Waals surface area (Å²) >= 11 is 0. The molecule has 0 bridgehead atoms. The van der Waals surface area contributed by atoms with E-state index in [2.05, 4.69) is 13.8 Å². The molecule has 1 atom stereocenters. The lowest BCUT2D eigenvalue weighted by molar-refractivity contribution is 0.270. The predicted molar refractivity (Wildman–Crippen MR) is 133 cm³/mol. The molecule has 0 spiro atoms. The van der Waals surface area contributed by atoms with Gasteiger partial charge in [0.2, 0.25) is 5.50 Å². The van der Waals surface area contributed by atoms with Gasteiger partial charge < -0.3 is 0 Å². The van der Waals surface area contributed by atoms with Crippen LogP contribution in [0.4, 0.5) is 4.39 Å². The SMILES string of the molecule is CCCCCCCCCCCCCCCCOS(=O)(=O)C(F)CCCCCCCCC. The summed E-state index contributed by atoms with van der Waals surface area (Å²) in [5, 5.41) is 0. The number of halogens is 1. The lowest BCUT2D eigenvalue weighted by Gasteiger charge is -2.10. The van der Waals surface area contributed by atoms with E-state index in [0.717, 1.165) is 32.1 Å². The third-order valence-electron chi connectivity index (χ3n) is 6.09. The van der Waals surface area contributed by atoms with Crippen LogP contribution in [0.5, 0.6) is 0 Å². The minimum Gasteiger partial charge on any atom is -0.268 e. The van der Waals surface area contributed by atoms with E-state index in [1.165, 1.54) is 89.9 Å². The van der Waals surface area contributed by atoms with Crippen LogP contribution in [0.3, 0.4) is 0 Å². The fourth-order valence-electron chi connectivity index (χ4n) is 3.95. The summed E-state index contributed by atoms with van der Waals surface area (Å²) < 4.78 is 42.6. The van der Waals surface area contributed by atoms with Gasteiger partial charge in [-0.1, -0.05) is 136 Å². The second kappa shape index (κ2) is 23.0. The zero-order chi connectivity index (χ0) is 23.0. The molecule has 0 amide bonds. The van der Waals surface area contributed by atoms with Crippen LogP contribution in [0.15, 0.2) is 0 Å². The predicted octanol–water partition coefficient (Wildman–Crippen LogP) is 9.25. The quantitative estimate of drug-likeness (QED) is 0.0998. The normalized spacial score (nSPS) is 13.0. The number of alkyl halides is 1. The Morgan fingerprint density at radius 1 is 0.548 bits per heavy atom. The van der Waals surface area contributed by atoms with Crippen LogP contribution in [0.25, 0.3) is 0 Å². The van der Waals surface area contributed by atoms with Gasteiger partial charge in [-0.2, -0.15) is 8.42 Å². The van der Waals surface area contributed by atoms with Gasteiger partial charge in [0.15, 0.2) is 0 Å². The van der Waals surface area contributed by atoms with Crippen molar-refractivity contribution in [3.05, 3.63) is 0 Å². The largest absolute Gasteiger partial charge is 0.299 e. The zero-order valence-corrected chi connectivity index (χ0v) is 21.7. The van der Waals surface area contributed by atoms with Gasteiger partial charge in [-0.3, -0.25) is 4.18 Å². The van der Waals surface area contributed by atoms with Crippen LogP contribution in [-0.4, -0.2) is 20.5 Å². The van der Waals surface area contributed by atoms with Crippen molar-refractivity contribution in [2.75, 3.05) is 6.61 Å². The average molecular weight is 465 g/mol. The molecule has 0 aromatic rings. The molecule has 5 heteroatoms. The molecule has 188 valence electrons. The minimum atomic E-state index is -4.05. The molecular weight excluding hydrogens is 411 g/mol. The van der Waals surface area contributed by atoms with Gasteiger partial charge in [0.1, 0.15) is 0 Å². The summed E-state index contributed by atoms with van der Waals surface area (Å²) in [7, 11) is -4.05. The average Bonchev–Trinajstić information content (AvgIpc) is 2.75. The molecular formula is C26H53FO3S. The third kappa shape index (κ3) is 21.4. The van der Waals surface area contributed by atoms with Gasteiger partial charge in [-0.15, -0.1) is 0 Å². The fourth-order valence-corrected chi connectivity index (χ4v) is 4.90. The zero-order valence-electron chi connectivity index (χ0n) is 20.9. The van der Waals surface area contributed by atoms with E-state index in [9.17, 15) is 12.8 Å². The fraction of sp³-hybridized carbons (Fsp3) is 1.00. The van der Waals surface area contributed by atoms with Crippen LogP contribution in [-0.2, 0) is 14.3 Å². The molecule has 0 rings (SSSR count). The van der Waals surface area contributed by atoms with E-state index in [4.69, 9.17) is 4.18 Å². The minimum absolute atomic E-state index is 0.0643. The first-order chi connectivity index (χ1) is 15.0. The Morgan fingerprint density at radius 3 is 1.26 bits per heavy atom. The van der Waals surface area contributed by atoms with E-state index in [1.54, 1.807) is 0 Å². The molecule has 1 unspecified atom stereocenters. The lowest BCUT2D eigenvalue weighted by atomic mass is 10.0. The molecule has 0 aliphatic heterocycles. The summed E-state index contributed by atoms with van der Waals surface area (Å²) in [6.45, 7) is 4.56. The highest BCUT2D eigenvalue weighted by Gasteiger charge is 2.25. The maximum atomic E-state index is 14.0. The standard InChI is InChI=1S/C26H53FO3S/c1-3-5-7-9-11-12-13-14-15-16-17-19-21-23-25-30-31(28,29)26(27)24-22-20-18-10-8-6-4-2/h26H,3-25H2,1-2H3. The van der Waals surface area contributed by atoms with Crippen LogP contribution in [0.2, 0.25) is 0 Å². The summed E-state index contributed by atoms with van der Waals surface area (Å²) in [6, 6.07) is 0. The van der Waals surface area contributed by atoms with Crippen molar-refractivity contribution in [1.82, 2.24) is 0 Å².